The minimum absolute atomic E-state index is 0.0864. The van der Waals surface area contributed by atoms with Crippen LogP contribution >= 0.6 is 11.6 Å². The van der Waals surface area contributed by atoms with Crippen LogP contribution < -0.4 is 0 Å². The van der Waals surface area contributed by atoms with E-state index in [0.29, 0.717) is 15.1 Å². The third kappa shape index (κ3) is 1.37. The Balaban J connectivity index is 2.84. The van der Waals surface area contributed by atoms with Crippen molar-refractivity contribution in [2.75, 3.05) is 7.11 Å². The van der Waals surface area contributed by atoms with Crippen molar-refractivity contribution in [2.24, 2.45) is 0 Å². The lowest BCUT2D eigenvalue weighted by molar-refractivity contribution is 0.0594. The molecule has 84 valence electrons. The van der Waals surface area contributed by atoms with E-state index in [-0.39, 0.29) is 11.1 Å². The van der Waals surface area contributed by atoms with Gasteiger partial charge in [-0.3, -0.25) is 0 Å². The number of aromatic hydroxyl groups is 1. The first-order chi connectivity index (χ1) is 7.56. The molecule has 0 saturated carbocycles. The van der Waals surface area contributed by atoms with E-state index >= 15 is 0 Å². The molecule has 0 spiro atoms. The Kier molecular flexibility index (Phi) is 2.40. The number of methoxy groups -OCH3 is 1. The minimum atomic E-state index is -0.724. The second kappa shape index (κ2) is 3.61. The van der Waals surface area contributed by atoms with Gasteiger partial charge in [-0.05, 0) is 12.1 Å². The standard InChI is InChI=1S/C10H8ClNO4/c1-16-10(14)8-6-3-2-5(11)4-7(6)12(15)9(8)13/h2-4,13,15H,1H3. The molecular formula is C10H8ClNO4. The van der Waals surface area contributed by atoms with Crippen LogP contribution in [0.3, 0.4) is 0 Å². The second-order valence-electron chi connectivity index (χ2n) is 3.16. The first kappa shape index (κ1) is 10.6. The highest BCUT2D eigenvalue weighted by molar-refractivity contribution is 6.31. The Labute approximate surface area is 95.4 Å². The molecule has 0 bridgehead atoms. The summed E-state index contributed by atoms with van der Waals surface area (Å²) in [6.07, 6.45) is 0. The van der Waals surface area contributed by atoms with E-state index in [0.717, 1.165) is 0 Å². The first-order valence-electron chi connectivity index (χ1n) is 4.36. The lowest BCUT2D eigenvalue weighted by Gasteiger charge is -1.97. The fourth-order valence-corrected chi connectivity index (χ4v) is 1.70. The zero-order valence-corrected chi connectivity index (χ0v) is 9.02. The molecular weight excluding hydrogens is 234 g/mol. The van der Waals surface area contributed by atoms with E-state index in [1.807, 2.05) is 0 Å². The summed E-state index contributed by atoms with van der Waals surface area (Å²) in [5, 5.41) is 19.9. The molecule has 0 aliphatic carbocycles. The largest absolute Gasteiger partial charge is 0.492 e. The maximum absolute atomic E-state index is 11.4. The molecule has 0 amide bonds. The Hall–Kier alpha value is -1.88. The van der Waals surface area contributed by atoms with Crippen LogP contribution in [0.25, 0.3) is 10.9 Å². The summed E-state index contributed by atoms with van der Waals surface area (Å²) in [4.78, 5) is 11.4. The number of carbonyl (C=O) groups excluding carboxylic acids is 1. The summed E-state index contributed by atoms with van der Waals surface area (Å²) in [5.41, 5.74) is 0.155. The van der Waals surface area contributed by atoms with Crippen molar-refractivity contribution in [3.05, 3.63) is 28.8 Å². The lowest BCUT2D eigenvalue weighted by Crippen LogP contribution is -2.00. The van der Waals surface area contributed by atoms with Crippen molar-refractivity contribution in [3.8, 4) is 5.88 Å². The van der Waals surface area contributed by atoms with Crippen LogP contribution in [0, 0.1) is 0 Å². The van der Waals surface area contributed by atoms with Gasteiger partial charge in [0.05, 0.1) is 12.6 Å². The van der Waals surface area contributed by atoms with Gasteiger partial charge in [0.1, 0.15) is 5.56 Å². The number of carbonyl (C=O) groups is 1. The van der Waals surface area contributed by atoms with Crippen molar-refractivity contribution < 1.29 is 19.8 Å². The Morgan fingerprint density at radius 1 is 1.50 bits per heavy atom. The number of ether oxygens (including phenoxy) is 1. The molecule has 0 saturated heterocycles. The maximum atomic E-state index is 11.4. The van der Waals surface area contributed by atoms with Crippen molar-refractivity contribution in [1.29, 1.82) is 0 Å². The fraction of sp³-hybridized carbons (Fsp3) is 0.100. The van der Waals surface area contributed by atoms with Gasteiger partial charge in [-0.1, -0.05) is 17.7 Å². The summed E-state index contributed by atoms with van der Waals surface area (Å²) >= 11 is 5.74. The summed E-state index contributed by atoms with van der Waals surface area (Å²) < 4.78 is 5.01. The van der Waals surface area contributed by atoms with E-state index in [1.54, 1.807) is 6.07 Å². The summed E-state index contributed by atoms with van der Waals surface area (Å²) in [7, 11) is 1.19. The Morgan fingerprint density at radius 2 is 2.19 bits per heavy atom. The number of rotatable bonds is 1. The number of nitrogens with zero attached hydrogens (tertiary/aromatic N) is 1. The lowest BCUT2D eigenvalue weighted by atomic mass is 10.2. The van der Waals surface area contributed by atoms with Gasteiger partial charge in [-0.25, -0.2) is 4.79 Å². The van der Waals surface area contributed by atoms with E-state index < -0.39 is 11.8 Å². The molecule has 1 aromatic carbocycles. The maximum Gasteiger partial charge on any atom is 0.344 e. The molecule has 0 aliphatic rings. The van der Waals surface area contributed by atoms with Gasteiger partial charge in [-0.2, -0.15) is 4.73 Å². The van der Waals surface area contributed by atoms with Crippen LogP contribution in [-0.2, 0) is 4.74 Å². The summed E-state index contributed by atoms with van der Waals surface area (Å²) in [5.74, 6) is -1.29. The molecule has 2 rings (SSSR count). The molecule has 2 aromatic rings. The second-order valence-corrected chi connectivity index (χ2v) is 3.60. The highest BCUT2D eigenvalue weighted by Crippen LogP contribution is 2.32. The molecule has 5 nitrogen and oxygen atoms in total. The molecule has 0 radical (unpaired) electrons. The minimum Gasteiger partial charge on any atom is -0.492 e. The summed E-state index contributed by atoms with van der Waals surface area (Å²) in [6, 6.07) is 4.51. The normalized spacial score (nSPS) is 10.6. The van der Waals surface area contributed by atoms with Gasteiger partial charge in [-0.15, -0.1) is 0 Å². The van der Waals surface area contributed by atoms with Gasteiger partial charge in [0, 0.05) is 10.4 Å². The molecule has 1 heterocycles. The van der Waals surface area contributed by atoms with Crippen LogP contribution in [0.1, 0.15) is 10.4 Å². The number of aromatic nitrogens is 1. The van der Waals surface area contributed by atoms with Crippen molar-refractivity contribution in [3.63, 3.8) is 0 Å². The fourth-order valence-electron chi connectivity index (χ4n) is 1.54. The molecule has 6 heteroatoms. The van der Waals surface area contributed by atoms with Gasteiger partial charge >= 0.3 is 5.97 Å². The van der Waals surface area contributed by atoms with Crippen molar-refractivity contribution in [1.82, 2.24) is 4.73 Å². The average Bonchev–Trinajstić information content (AvgIpc) is 2.52. The van der Waals surface area contributed by atoms with E-state index in [4.69, 9.17) is 11.6 Å². The predicted octanol–water partition coefficient (Wildman–Crippen LogP) is 2.02. The van der Waals surface area contributed by atoms with Gasteiger partial charge in [0.25, 0.3) is 0 Å². The monoisotopic (exact) mass is 241 g/mol. The highest BCUT2D eigenvalue weighted by atomic mass is 35.5. The third-order valence-corrected chi connectivity index (χ3v) is 2.51. The smallest absolute Gasteiger partial charge is 0.344 e. The van der Waals surface area contributed by atoms with Crippen molar-refractivity contribution >= 4 is 28.5 Å². The molecule has 0 atom stereocenters. The van der Waals surface area contributed by atoms with Crippen LogP contribution in [-0.4, -0.2) is 28.1 Å². The molecule has 0 fully saturated rings. The number of halogens is 1. The zero-order valence-electron chi connectivity index (χ0n) is 8.27. The molecule has 1 aromatic heterocycles. The molecule has 0 aliphatic heterocycles. The molecule has 2 N–H and O–H groups in total. The van der Waals surface area contributed by atoms with Gasteiger partial charge in [0.15, 0.2) is 0 Å². The molecule has 16 heavy (non-hydrogen) atoms. The van der Waals surface area contributed by atoms with Crippen LogP contribution in [0.15, 0.2) is 18.2 Å². The van der Waals surface area contributed by atoms with E-state index in [2.05, 4.69) is 4.74 Å². The Morgan fingerprint density at radius 3 is 2.81 bits per heavy atom. The van der Waals surface area contributed by atoms with E-state index in [9.17, 15) is 15.1 Å². The van der Waals surface area contributed by atoms with Crippen LogP contribution in [0.5, 0.6) is 5.88 Å². The Bertz CT molecular complexity index is 576. The van der Waals surface area contributed by atoms with E-state index in [1.165, 1.54) is 19.2 Å². The van der Waals surface area contributed by atoms with Gasteiger partial charge < -0.3 is 15.1 Å². The average molecular weight is 242 g/mol. The highest BCUT2D eigenvalue weighted by Gasteiger charge is 2.22. The number of hydrogen-bond acceptors (Lipinski definition) is 4. The number of hydrogen-bond donors (Lipinski definition) is 2. The topological polar surface area (TPSA) is 71.7 Å². The van der Waals surface area contributed by atoms with Crippen molar-refractivity contribution in [2.45, 2.75) is 0 Å². The predicted molar refractivity (Wildman–Crippen MR) is 57.1 cm³/mol. The molecule has 0 unspecified atom stereocenters. The first-order valence-corrected chi connectivity index (χ1v) is 4.74. The third-order valence-electron chi connectivity index (χ3n) is 2.27. The van der Waals surface area contributed by atoms with Crippen LogP contribution in [0.4, 0.5) is 0 Å². The van der Waals surface area contributed by atoms with Crippen LogP contribution in [0.2, 0.25) is 5.02 Å². The zero-order chi connectivity index (χ0) is 11.9. The SMILES string of the molecule is COC(=O)c1c(O)n(O)c2cc(Cl)ccc12. The summed E-state index contributed by atoms with van der Waals surface area (Å²) in [6.45, 7) is 0. The number of benzene rings is 1. The number of esters is 1. The quantitative estimate of drug-likeness (QED) is 0.592. The van der Waals surface area contributed by atoms with Gasteiger partial charge in [0.2, 0.25) is 5.88 Å². The number of fused-ring (bicyclic) bond motifs is 1.